The van der Waals surface area contributed by atoms with Gasteiger partial charge < -0.3 is 5.84 Å². The van der Waals surface area contributed by atoms with Crippen LogP contribution in [0.4, 0.5) is 0 Å². The van der Waals surface area contributed by atoms with Gasteiger partial charge in [0.15, 0.2) is 5.82 Å². The first kappa shape index (κ1) is 14.7. The van der Waals surface area contributed by atoms with Gasteiger partial charge in [-0.25, -0.2) is 0 Å². The molecule has 0 aliphatic rings. The Hall–Kier alpha value is -2.22. The summed E-state index contributed by atoms with van der Waals surface area (Å²) in [5.74, 6) is 6.60. The molecule has 0 unspecified atom stereocenters. The highest BCUT2D eigenvalue weighted by molar-refractivity contribution is 9.10. The minimum atomic E-state index is -0.437. The van der Waals surface area contributed by atoms with E-state index in [1.807, 2.05) is 45.0 Å². The normalized spacial score (nSPS) is 12.0. The van der Waals surface area contributed by atoms with E-state index < -0.39 is 5.41 Å². The third-order valence-corrected chi connectivity index (χ3v) is 3.80. The molecule has 2 heterocycles. The van der Waals surface area contributed by atoms with E-state index >= 15 is 0 Å². The van der Waals surface area contributed by atoms with Gasteiger partial charge in [-0.1, -0.05) is 48.8 Å². The maximum Gasteiger partial charge on any atom is 0.295 e. The molecule has 0 atom stereocenters. The van der Waals surface area contributed by atoms with Crippen LogP contribution in [-0.2, 0) is 5.41 Å². The molecule has 3 rings (SSSR count). The Morgan fingerprint density at radius 1 is 1.14 bits per heavy atom. The van der Waals surface area contributed by atoms with Gasteiger partial charge in [-0.3, -0.25) is 4.79 Å². The Bertz CT molecular complexity index is 904. The molecule has 0 amide bonds. The molecule has 2 N–H and O–H groups in total. The summed E-state index contributed by atoms with van der Waals surface area (Å²) in [5.41, 5.74) is 0.394. The lowest BCUT2D eigenvalue weighted by Crippen LogP contribution is -2.38. The topological polar surface area (TPSA) is 91.1 Å². The third-order valence-electron chi connectivity index (χ3n) is 3.27. The number of halogens is 1. The second-order valence-corrected chi connectivity index (χ2v) is 6.93. The van der Waals surface area contributed by atoms with Crippen LogP contribution in [0.3, 0.4) is 0 Å². The van der Waals surface area contributed by atoms with Crippen LogP contribution in [0.2, 0.25) is 0 Å². The van der Waals surface area contributed by atoms with Gasteiger partial charge in [0.1, 0.15) is 5.69 Å². The first-order valence-electron chi connectivity index (χ1n) is 6.69. The highest BCUT2D eigenvalue weighted by Gasteiger charge is 2.24. The summed E-state index contributed by atoms with van der Waals surface area (Å²) in [4.78, 5) is 12.3. The third kappa shape index (κ3) is 2.29. The number of rotatable bonds is 1. The quantitative estimate of drug-likeness (QED) is 0.665. The lowest BCUT2D eigenvalue weighted by molar-refractivity contribution is 0.535. The maximum absolute atomic E-state index is 12.3. The van der Waals surface area contributed by atoms with Crippen LogP contribution < -0.4 is 11.4 Å². The molecule has 0 aliphatic heterocycles. The molecule has 0 aliphatic carbocycles. The Balaban J connectivity index is 2.33. The smallest absolute Gasteiger partial charge is 0.295 e. The molecule has 0 spiro atoms. The van der Waals surface area contributed by atoms with Gasteiger partial charge >= 0.3 is 0 Å². The minimum absolute atomic E-state index is 0.205. The number of hydrogen-bond acceptors (Lipinski definition) is 5. The fourth-order valence-corrected chi connectivity index (χ4v) is 2.38. The summed E-state index contributed by atoms with van der Waals surface area (Å²) >= 11 is 3.39. The zero-order valence-electron chi connectivity index (χ0n) is 12.4. The van der Waals surface area contributed by atoms with E-state index in [0.717, 1.165) is 14.7 Å². The maximum atomic E-state index is 12.3. The lowest BCUT2D eigenvalue weighted by Gasteiger charge is -2.17. The van der Waals surface area contributed by atoms with E-state index in [4.69, 9.17) is 5.84 Å². The number of hydrogen-bond donors (Lipinski definition) is 1. The van der Waals surface area contributed by atoms with Gasteiger partial charge in [0.2, 0.25) is 0 Å². The van der Waals surface area contributed by atoms with E-state index in [1.54, 1.807) is 0 Å². The molecule has 0 bridgehead atoms. The van der Waals surface area contributed by atoms with Crippen molar-refractivity contribution in [3.8, 4) is 11.4 Å². The zero-order valence-corrected chi connectivity index (χ0v) is 14.0. The van der Waals surface area contributed by atoms with Crippen LogP contribution in [0.25, 0.3) is 17.2 Å². The largest absolute Gasteiger partial charge is 0.333 e. The molecule has 7 nitrogen and oxygen atoms in total. The standard InChI is InChI=1S/C14H15BrN6O/c1-14(2,3)10-12(22)20(16)13-18-17-11(21(13)19-10)8-4-6-9(15)7-5-8/h4-7H,16H2,1-3H3. The fourth-order valence-electron chi connectivity index (χ4n) is 2.11. The van der Waals surface area contributed by atoms with Crippen molar-refractivity contribution in [3.05, 3.63) is 44.8 Å². The van der Waals surface area contributed by atoms with Gasteiger partial charge in [0.25, 0.3) is 11.3 Å². The summed E-state index contributed by atoms with van der Waals surface area (Å²) in [7, 11) is 0. The highest BCUT2D eigenvalue weighted by Crippen LogP contribution is 2.21. The number of aromatic nitrogens is 5. The Morgan fingerprint density at radius 3 is 2.36 bits per heavy atom. The second-order valence-electron chi connectivity index (χ2n) is 6.02. The summed E-state index contributed by atoms with van der Waals surface area (Å²) < 4.78 is 3.46. The van der Waals surface area contributed by atoms with Crippen LogP contribution >= 0.6 is 15.9 Å². The summed E-state index contributed by atoms with van der Waals surface area (Å²) in [6.45, 7) is 5.73. The van der Waals surface area contributed by atoms with Crippen molar-refractivity contribution in [3.63, 3.8) is 0 Å². The van der Waals surface area contributed by atoms with Crippen molar-refractivity contribution in [2.24, 2.45) is 0 Å². The van der Waals surface area contributed by atoms with Gasteiger partial charge in [0.05, 0.1) is 0 Å². The van der Waals surface area contributed by atoms with Crippen LogP contribution in [0.15, 0.2) is 33.5 Å². The molecule has 0 saturated heterocycles. The lowest BCUT2D eigenvalue weighted by atomic mass is 9.93. The second kappa shape index (κ2) is 4.91. The van der Waals surface area contributed by atoms with E-state index in [-0.39, 0.29) is 11.3 Å². The van der Waals surface area contributed by atoms with Gasteiger partial charge in [-0.2, -0.15) is 14.3 Å². The summed E-state index contributed by atoms with van der Waals surface area (Å²) in [6.07, 6.45) is 0. The predicted octanol–water partition coefficient (Wildman–Crippen LogP) is 1.73. The highest BCUT2D eigenvalue weighted by atomic mass is 79.9. The Morgan fingerprint density at radius 2 is 1.77 bits per heavy atom. The number of benzene rings is 1. The number of nitrogen functional groups attached to an aromatic ring is 1. The van der Waals surface area contributed by atoms with Gasteiger partial charge in [-0.05, 0) is 12.1 Å². The van der Waals surface area contributed by atoms with E-state index in [2.05, 4.69) is 31.2 Å². The van der Waals surface area contributed by atoms with Gasteiger partial charge in [0, 0.05) is 15.5 Å². The molecule has 0 fully saturated rings. The minimum Gasteiger partial charge on any atom is -0.333 e. The van der Waals surface area contributed by atoms with Crippen molar-refractivity contribution in [2.75, 3.05) is 5.84 Å². The molecule has 3 aromatic rings. The van der Waals surface area contributed by atoms with E-state index in [0.29, 0.717) is 11.5 Å². The van der Waals surface area contributed by atoms with Crippen molar-refractivity contribution in [2.45, 2.75) is 26.2 Å². The van der Waals surface area contributed by atoms with Crippen LogP contribution in [-0.4, -0.2) is 24.5 Å². The first-order valence-corrected chi connectivity index (χ1v) is 7.48. The van der Waals surface area contributed by atoms with Crippen LogP contribution in [0.1, 0.15) is 26.5 Å². The predicted molar refractivity (Wildman–Crippen MR) is 87.0 cm³/mol. The molecular formula is C14H15BrN6O. The molecule has 114 valence electrons. The molecular weight excluding hydrogens is 348 g/mol. The molecule has 22 heavy (non-hydrogen) atoms. The summed E-state index contributed by atoms with van der Waals surface area (Å²) in [5, 5.41) is 12.5. The van der Waals surface area contributed by atoms with Crippen LogP contribution in [0, 0.1) is 0 Å². The van der Waals surface area contributed by atoms with E-state index in [9.17, 15) is 4.79 Å². The SMILES string of the molecule is CC(C)(C)c1nn2c(-c3ccc(Br)cc3)nnc2n(N)c1=O. The molecule has 8 heteroatoms. The average Bonchev–Trinajstić information content (AvgIpc) is 2.86. The Labute approximate surface area is 134 Å². The summed E-state index contributed by atoms with van der Waals surface area (Å²) in [6, 6.07) is 7.59. The van der Waals surface area contributed by atoms with Crippen molar-refractivity contribution >= 4 is 21.7 Å². The monoisotopic (exact) mass is 362 g/mol. The fraction of sp³-hybridized carbons (Fsp3) is 0.286. The molecule has 0 saturated carbocycles. The van der Waals surface area contributed by atoms with Crippen molar-refractivity contribution < 1.29 is 0 Å². The molecule has 1 aromatic carbocycles. The van der Waals surface area contributed by atoms with E-state index in [1.165, 1.54) is 4.52 Å². The van der Waals surface area contributed by atoms with Gasteiger partial charge in [-0.15, -0.1) is 10.2 Å². The number of nitrogens with zero attached hydrogens (tertiary/aromatic N) is 5. The Kier molecular flexibility index (Phi) is 3.28. The van der Waals surface area contributed by atoms with Crippen molar-refractivity contribution in [1.29, 1.82) is 0 Å². The first-order chi connectivity index (χ1) is 10.3. The van der Waals surface area contributed by atoms with Crippen LogP contribution in [0.5, 0.6) is 0 Å². The van der Waals surface area contributed by atoms with Crippen molar-refractivity contribution in [1.82, 2.24) is 24.5 Å². The average molecular weight is 363 g/mol. The zero-order chi connectivity index (χ0) is 16.1. The molecule has 2 aromatic heterocycles. The number of nitrogens with two attached hydrogens (primary N) is 1. The molecule has 0 radical (unpaired) electrons. The number of fused-ring (bicyclic) bond motifs is 1.